The highest BCUT2D eigenvalue weighted by Gasteiger charge is 2.10. The van der Waals surface area contributed by atoms with Gasteiger partial charge >= 0.3 is 5.97 Å². The van der Waals surface area contributed by atoms with E-state index in [-0.39, 0.29) is 6.61 Å². The van der Waals surface area contributed by atoms with Gasteiger partial charge in [-0.05, 0) is 42.5 Å². The van der Waals surface area contributed by atoms with Crippen molar-refractivity contribution in [2.45, 2.75) is 19.3 Å². The molecule has 0 spiro atoms. The average Bonchev–Trinajstić information content (AvgIpc) is 2.75. The fourth-order valence-corrected chi connectivity index (χ4v) is 2.02. The molecule has 1 N–H and O–H groups in total. The summed E-state index contributed by atoms with van der Waals surface area (Å²) in [5.74, 6) is -0.118. The van der Waals surface area contributed by atoms with Gasteiger partial charge in [-0.2, -0.15) is 0 Å². The Labute approximate surface area is 100 Å². The predicted octanol–water partition coefficient (Wildman–Crippen LogP) is 1.66. The first-order chi connectivity index (χ1) is 8.25. The second-order valence-electron chi connectivity index (χ2n) is 4.08. The number of ether oxygens (including phenoxy) is 2. The molecular formula is C13H16O4. The van der Waals surface area contributed by atoms with E-state index in [1.807, 2.05) is 6.07 Å². The van der Waals surface area contributed by atoms with Crippen molar-refractivity contribution in [1.29, 1.82) is 0 Å². The van der Waals surface area contributed by atoms with Crippen LogP contribution >= 0.6 is 0 Å². The van der Waals surface area contributed by atoms with E-state index in [9.17, 15) is 4.79 Å². The molecule has 0 amide bonds. The monoisotopic (exact) mass is 236 g/mol. The fourth-order valence-electron chi connectivity index (χ4n) is 2.02. The molecule has 0 unspecified atom stereocenters. The maximum atomic E-state index is 10.2. The highest BCUT2D eigenvalue weighted by molar-refractivity contribution is 5.67. The van der Waals surface area contributed by atoms with Crippen molar-refractivity contribution >= 4 is 5.97 Å². The standard InChI is InChI=1S/C13H16O4/c14-13(15)9-16-6-7-17-12-5-4-10-2-1-3-11(10)8-12/h4-5,8H,1-3,6-7,9H2,(H,14,15). The summed E-state index contributed by atoms with van der Waals surface area (Å²) in [7, 11) is 0. The molecule has 0 fully saturated rings. The van der Waals surface area contributed by atoms with Crippen molar-refractivity contribution in [1.82, 2.24) is 0 Å². The van der Waals surface area contributed by atoms with Crippen LogP contribution in [0.15, 0.2) is 18.2 Å². The largest absolute Gasteiger partial charge is 0.491 e. The average molecular weight is 236 g/mol. The summed E-state index contributed by atoms with van der Waals surface area (Å²) in [6, 6.07) is 6.14. The molecule has 0 bridgehead atoms. The van der Waals surface area contributed by atoms with Gasteiger partial charge in [0.1, 0.15) is 19.0 Å². The van der Waals surface area contributed by atoms with Crippen LogP contribution in [0.1, 0.15) is 17.5 Å². The molecule has 1 aliphatic rings. The molecule has 17 heavy (non-hydrogen) atoms. The van der Waals surface area contributed by atoms with Gasteiger partial charge in [-0.3, -0.25) is 0 Å². The van der Waals surface area contributed by atoms with Crippen molar-refractivity contribution in [3.8, 4) is 5.75 Å². The van der Waals surface area contributed by atoms with E-state index < -0.39 is 5.97 Å². The molecule has 0 saturated carbocycles. The van der Waals surface area contributed by atoms with Crippen LogP contribution in [0.3, 0.4) is 0 Å². The maximum Gasteiger partial charge on any atom is 0.329 e. The lowest BCUT2D eigenvalue weighted by molar-refractivity contribution is -0.142. The molecular weight excluding hydrogens is 220 g/mol. The van der Waals surface area contributed by atoms with E-state index in [1.54, 1.807) is 0 Å². The number of hydrogen-bond acceptors (Lipinski definition) is 3. The maximum absolute atomic E-state index is 10.2. The Morgan fingerprint density at radius 1 is 1.24 bits per heavy atom. The van der Waals surface area contributed by atoms with Crippen LogP contribution in [-0.4, -0.2) is 30.9 Å². The lowest BCUT2D eigenvalue weighted by Gasteiger charge is -2.08. The van der Waals surface area contributed by atoms with Gasteiger partial charge in [-0.1, -0.05) is 6.07 Å². The number of aryl methyl sites for hydroxylation is 2. The summed E-state index contributed by atoms with van der Waals surface area (Å²) < 4.78 is 10.4. The molecule has 4 heteroatoms. The minimum atomic E-state index is -0.956. The van der Waals surface area contributed by atoms with Crippen molar-refractivity contribution in [2.75, 3.05) is 19.8 Å². The van der Waals surface area contributed by atoms with Crippen LogP contribution in [0.4, 0.5) is 0 Å². The highest BCUT2D eigenvalue weighted by atomic mass is 16.5. The van der Waals surface area contributed by atoms with Gasteiger partial charge in [-0.25, -0.2) is 4.79 Å². The third-order valence-corrected chi connectivity index (χ3v) is 2.79. The first-order valence-corrected chi connectivity index (χ1v) is 5.80. The number of rotatable bonds is 6. The van der Waals surface area contributed by atoms with E-state index in [0.717, 1.165) is 18.6 Å². The summed E-state index contributed by atoms with van der Waals surface area (Å²) in [6.45, 7) is 0.406. The number of carboxylic acid groups (broad SMARTS) is 1. The Hall–Kier alpha value is -1.55. The minimum Gasteiger partial charge on any atom is -0.491 e. The molecule has 1 aromatic rings. The number of aliphatic carboxylic acids is 1. The van der Waals surface area contributed by atoms with Gasteiger partial charge in [0.25, 0.3) is 0 Å². The smallest absolute Gasteiger partial charge is 0.329 e. The van der Waals surface area contributed by atoms with E-state index >= 15 is 0 Å². The predicted molar refractivity (Wildman–Crippen MR) is 62.4 cm³/mol. The highest BCUT2D eigenvalue weighted by Crippen LogP contribution is 2.25. The number of carbonyl (C=O) groups is 1. The normalized spacial score (nSPS) is 13.4. The molecule has 0 saturated heterocycles. The quantitative estimate of drug-likeness (QED) is 0.763. The topological polar surface area (TPSA) is 55.8 Å². The summed E-state index contributed by atoms with van der Waals surface area (Å²) in [4.78, 5) is 10.2. The Balaban J connectivity index is 1.74. The van der Waals surface area contributed by atoms with E-state index in [0.29, 0.717) is 13.2 Å². The van der Waals surface area contributed by atoms with Crippen molar-refractivity contribution in [3.05, 3.63) is 29.3 Å². The lowest BCUT2D eigenvalue weighted by atomic mass is 10.1. The van der Waals surface area contributed by atoms with Gasteiger partial charge in [0, 0.05) is 0 Å². The van der Waals surface area contributed by atoms with Crippen LogP contribution in [0.5, 0.6) is 5.75 Å². The van der Waals surface area contributed by atoms with Gasteiger partial charge in [0.05, 0.1) is 6.61 Å². The fraction of sp³-hybridized carbons (Fsp3) is 0.462. The summed E-state index contributed by atoms with van der Waals surface area (Å²) in [5.41, 5.74) is 2.79. The number of fused-ring (bicyclic) bond motifs is 1. The summed E-state index contributed by atoms with van der Waals surface area (Å²) >= 11 is 0. The molecule has 92 valence electrons. The van der Waals surface area contributed by atoms with Gasteiger partial charge in [0.2, 0.25) is 0 Å². The van der Waals surface area contributed by atoms with Crippen LogP contribution in [0.2, 0.25) is 0 Å². The molecule has 0 aliphatic heterocycles. The molecule has 0 radical (unpaired) electrons. The van der Waals surface area contributed by atoms with Crippen LogP contribution < -0.4 is 4.74 Å². The van der Waals surface area contributed by atoms with E-state index in [1.165, 1.54) is 17.5 Å². The molecule has 0 aromatic heterocycles. The van der Waals surface area contributed by atoms with E-state index in [4.69, 9.17) is 14.6 Å². The van der Waals surface area contributed by atoms with E-state index in [2.05, 4.69) is 12.1 Å². The zero-order chi connectivity index (χ0) is 12.1. The zero-order valence-electron chi connectivity index (χ0n) is 9.65. The molecule has 4 nitrogen and oxygen atoms in total. The number of carboxylic acids is 1. The van der Waals surface area contributed by atoms with Crippen molar-refractivity contribution in [2.24, 2.45) is 0 Å². The van der Waals surface area contributed by atoms with Gasteiger partial charge < -0.3 is 14.6 Å². The van der Waals surface area contributed by atoms with Crippen molar-refractivity contribution in [3.63, 3.8) is 0 Å². The first kappa shape index (κ1) is 11.9. The summed E-state index contributed by atoms with van der Waals surface area (Å²) in [5, 5.41) is 8.37. The second-order valence-corrected chi connectivity index (χ2v) is 4.08. The Morgan fingerprint density at radius 2 is 2.06 bits per heavy atom. The van der Waals surface area contributed by atoms with Crippen LogP contribution in [0.25, 0.3) is 0 Å². The SMILES string of the molecule is O=C(O)COCCOc1ccc2c(c1)CCC2. The minimum absolute atomic E-state index is 0.270. The van der Waals surface area contributed by atoms with Gasteiger partial charge in [-0.15, -0.1) is 0 Å². The molecule has 2 rings (SSSR count). The first-order valence-electron chi connectivity index (χ1n) is 5.80. The number of hydrogen-bond donors (Lipinski definition) is 1. The van der Waals surface area contributed by atoms with Crippen molar-refractivity contribution < 1.29 is 19.4 Å². The lowest BCUT2D eigenvalue weighted by Crippen LogP contribution is -2.12. The Morgan fingerprint density at radius 3 is 2.88 bits per heavy atom. The molecule has 1 aromatic carbocycles. The zero-order valence-corrected chi connectivity index (χ0v) is 9.65. The van der Waals surface area contributed by atoms with Gasteiger partial charge in [0.15, 0.2) is 0 Å². The van der Waals surface area contributed by atoms with Crippen LogP contribution in [-0.2, 0) is 22.4 Å². The second kappa shape index (κ2) is 5.68. The number of benzene rings is 1. The Kier molecular flexibility index (Phi) is 3.98. The third kappa shape index (κ3) is 3.46. The third-order valence-electron chi connectivity index (χ3n) is 2.79. The molecule has 0 atom stereocenters. The molecule has 0 heterocycles. The molecule has 1 aliphatic carbocycles. The summed E-state index contributed by atoms with van der Waals surface area (Å²) in [6.07, 6.45) is 3.51. The Bertz CT molecular complexity index is 400. The van der Waals surface area contributed by atoms with Crippen LogP contribution in [0, 0.1) is 0 Å².